The van der Waals surface area contributed by atoms with Crippen LogP contribution in [0.1, 0.15) is 26.0 Å². The molecule has 0 aliphatic heterocycles. The number of rotatable bonds is 2. The summed E-state index contributed by atoms with van der Waals surface area (Å²) in [4.78, 5) is 3.19. The fourth-order valence-electron chi connectivity index (χ4n) is 2.15. The number of nitrogens with one attached hydrogen (secondary N) is 1. The van der Waals surface area contributed by atoms with Gasteiger partial charge in [-0.1, -0.05) is 13.8 Å². The Kier molecular flexibility index (Phi) is 1.40. The third kappa shape index (κ3) is 0.787. The average Bonchev–Trinajstić information content (AvgIpc) is 2.52. The van der Waals surface area contributed by atoms with E-state index in [1.807, 2.05) is 12.3 Å². The van der Waals surface area contributed by atoms with Gasteiger partial charge >= 0.3 is 0 Å². The van der Waals surface area contributed by atoms with Gasteiger partial charge in [-0.15, -0.1) is 0 Å². The van der Waals surface area contributed by atoms with Gasteiger partial charge in [0.25, 0.3) is 0 Å². The van der Waals surface area contributed by atoms with Gasteiger partial charge in [0.1, 0.15) is 0 Å². The van der Waals surface area contributed by atoms with Crippen molar-refractivity contribution in [2.45, 2.75) is 25.7 Å². The molecule has 2 rings (SSSR count). The topological polar surface area (TPSA) is 36.0 Å². The number of H-pyrrole nitrogens is 1. The Hall–Kier alpha value is -0.760. The molecule has 0 aromatic carbocycles. The van der Waals surface area contributed by atoms with Crippen LogP contribution in [-0.4, -0.2) is 16.7 Å². The predicted molar refractivity (Wildman–Crippen MR) is 48.0 cm³/mol. The van der Waals surface area contributed by atoms with E-state index in [4.69, 9.17) is 0 Å². The molecule has 1 atom stereocenters. The van der Waals surface area contributed by atoms with Crippen molar-refractivity contribution in [3.05, 3.63) is 24.0 Å². The highest BCUT2D eigenvalue weighted by atomic mass is 16.3. The van der Waals surface area contributed by atoms with Crippen molar-refractivity contribution in [1.29, 1.82) is 0 Å². The first-order valence-electron chi connectivity index (χ1n) is 4.37. The maximum Gasteiger partial charge on any atom is 0.0547 e. The first-order valence-corrected chi connectivity index (χ1v) is 4.37. The van der Waals surface area contributed by atoms with Crippen molar-refractivity contribution < 1.29 is 5.11 Å². The lowest BCUT2D eigenvalue weighted by molar-refractivity contribution is 0.229. The van der Waals surface area contributed by atoms with Crippen LogP contribution in [0.2, 0.25) is 0 Å². The molecule has 0 spiro atoms. The Morgan fingerprint density at radius 3 is 2.58 bits per heavy atom. The molecule has 1 aliphatic rings. The van der Waals surface area contributed by atoms with Crippen molar-refractivity contribution in [2.24, 2.45) is 5.41 Å². The van der Waals surface area contributed by atoms with E-state index in [1.54, 1.807) is 0 Å². The van der Waals surface area contributed by atoms with Gasteiger partial charge in [-0.05, 0) is 24.0 Å². The summed E-state index contributed by atoms with van der Waals surface area (Å²) >= 11 is 0. The van der Waals surface area contributed by atoms with E-state index in [0.29, 0.717) is 0 Å². The molecule has 2 N–H and O–H groups in total. The Labute approximate surface area is 72.6 Å². The minimum absolute atomic E-state index is 0.0104. The lowest BCUT2D eigenvalue weighted by Gasteiger charge is -2.15. The van der Waals surface area contributed by atoms with E-state index < -0.39 is 0 Å². The van der Waals surface area contributed by atoms with Crippen LogP contribution in [0.3, 0.4) is 0 Å². The number of hydrogen-bond donors (Lipinski definition) is 2. The lowest BCUT2D eigenvalue weighted by atomic mass is 9.93. The predicted octanol–water partition coefficient (Wildman–Crippen LogP) is 1.67. The quantitative estimate of drug-likeness (QED) is 0.687. The molecule has 1 fully saturated rings. The highest BCUT2D eigenvalue weighted by molar-refractivity contribution is 5.32. The van der Waals surface area contributed by atoms with Crippen LogP contribution in [0.5, 0.6) is 0 Å². The molecule has 1 unspecified atom stereocenters. The number of aromatic amines is 1. The van der Waals surface area contributed by atoms with Crippen molar-refractivity contribution in [2.75, 3.05) is 6.61 Å². The summed E-state index contributed by atoms with van der Waals surface area (Å²) in [5.41, 5.74) is 1.44. The van der Waals surface area contributed by atoms with Crippen LogP contribution in [-0.2, 0) is 5.41 Å². The van der Waals surface area contributed by atoms with Gasteiger partial charge in [0.05, 0.1) is 6.61 Å². The molecule has 1 aliphatic carbocycles. The maximum atomic E-state index is 9.34. The lowest BCUT2D eigenvalue weighted by Crippen LogP contribution is -2.19. The third-order valence-corrected chi connectivity index (χ3v) is 3.30. The molecule has 1 aromatic heterocycles. The van der Waals surface area contributed by atoms with Crippen molar-refractivity contribution in [1.82, 2.24) is 4.98 Å². The summed E-state index contributed by atoms with van der Waals surface area (Å²) in [6, 6.07) is 4.05. The van der Waals surface area contributed by atoms with Gasteiger partial charge in [0.15, 0.2) is 0 Å². The van der Waals surface area contributed by atoms with E-state index in [1.165, 1.54) is 5.69 Å². The summed E-state index contributed by atoms with van der Waals surface area (Å²) in [5, 5.41) is 9.34. The van der Waals surface area contributed by atoms with Crippen LogP contribution >= 0.6 is 0 Å². The standard InChI is InChI=1S/C10H15NO/c1-9(2)6-10(9,7-12)8-4-3-5-11-8/h3-5,11-12H,6-7H2,1-2H3. The van der Waals surface area contributed by atoms with E-state index in [0.717, 1.165) is 6.42 Å². The van der Waals surface area contributed by atoms with E-state index >= 15 is 0 Å². The molecule has 0 radical (unpaired) electrons. The van der Waals surface area contributed by atoms with Gasteiger partial charge in [0, 0.05) is 17.3 Å². The zero-order chi connectivity index (χ0) is 8.82. The first-order chi connectivity index (χ1) is 5.62. The average molecular weight is 165 g/mol. The number of aliphatic hydroxyl groups is 1. The second-order valence-electron chi connectivity index (χ2n) is 4.38. The molecule has 1 saturated carbocycles. The van der Waals surface area contributed by atoms with Crippen LogP contribution in [0.15, 0.2) is 18.3 Å². The minimum atomic E-state index is 0.0104. The molecule has 0 saturated heterocycles. The summed E-state index contributed by atoms with van der Waals surface area (Å²) in [7, 11) is 0. The molecule has 2 nitrogen and oxygen atoms in total. The highest BCUT2D eigenvalue weighted by Gasteiger charge is 2.62. The van der Waals surface area contributed by atoms with Crippen LogP contribution in [0.4, 0.5) is 0 Å². The van der Waals surface area contributed by atoms with E-state index in [2.05, 4.69) is 24.9 Å². The van der Waals surface area contributed by atoms with Gasteiger partial charge in [-0.3, -0.25) is 0 Å². The summed E-state index contributed by atoms with van der Waals surface area (Å²) in [6.07, 6.45) is 3.00. The van der Waals surface area contributed by atoms with E-state index in [9.17, 15) is 5.11 Å². The molecule has 0 amide bonds. The zero-order valence-electron chi connectivity index (χ0n) is 7.59. The number of hydrogen-bond acceptors (Lipinski definition) is 1. The highest BCUT2D eigenvalue weighted by Crippen LogP contribution is 2.63. The fourth-order valence-corrected chi connectivity index (χ4v) is 2.15. The van der Waals surface area contributed by atoms with Crippen molar-refractivity contribution >= 4 is 0 Å². The summed E-state index contributed by atoms with van der Waals surface area (Å²) in [5.74, 6) is 0. The largest absolute Gasteiger partial charge is 0.395 e. The molecular formula is C10H15NO. The minimum Gasteiger partial charge on any atom is -0.395 e. The van der Waals surface area contributed by atoms with Crippen LogP contribution < -0.4 is 0 Å². The summed E-state index contributed by atoms with van der Waals surface area (Å²) < 4.78 is 0. The third-order valence-electron chi connectivity index (χ3n) is 3.30. The van der Waals surface area contributed by atoms with Crippen molar-refractivity contribution in [3.8, 4) is 0 Å². The second kappa shape index (κ2) is 2.13. The van der Waals surface area contributed by atoms with Gasteiger partial charge in [-0.2, -0.15) is 0 Å². The smallest absolute Gasteiger partial charge is 0.0547 e. The van der Waals surface area contributed by atoms with Crippen LogP contribution in [0.25, 0.3) is 0 Å². The van der Waals surface area contributed by atoms with Gasteiger partial charge in [-0.25, -0.2) is 0 Å². The van der Waals surface area contributed by atoms with Gasteiger partial charge in [0.2, 0.25) is 0 Å². The molecule has 0 bridgehead atoms. The summed E-state index contributed by atoms with van der Waals surface area (Å²) in [6.45, 7) is 4.65. The van der Waals surface area contributed by atoms with Crippen LogP contribution in [0, 0.1) is 5.41 Å². The normalized spacial score (nSPS) is 31.9. The SMILES string of the molecule is CC1(C)CC1(CO)c1ccc[nH]1. The fraction of sp³-hybridized carbons (Fsp3) is 0.600. The Morgan fingerprint density at radius 1 is 1.58 bits per heavy atom. The molecular weight excluding hydrogens is 150 g/mol. The Balaban J connectivity index is 2.34. The molecule has 66 valence electrons. The molecule has 1 heterocycles. The Bertz CT molecular complexity index is 276. The first kappa shape index (κ1) is 7.87. The maximum absolute atomic E-state index is 9.34. The monoisotopic (exact) mass is 165 g/mol. The Morgan fingerprint density at radius 2 is 2.25 bits per heavy atom. The number of aromatic nitrogens is 1. The molecule has 1 aromatic rings. The van der Waals surface area contributed by atoms with Gasteiger partial charge < -0.3 is 10.1 Å². The molecule has 2 heteroatoms. The molecule has 12 heavy (non-hydrogen) atoms. The number of aliphatic hydroxyl groups excluding tert-OH is 1. The van der Waals surface area contributed by atoms with E-state index in [-0.39, 0.29) is 17.4 Å². The van der Waals surface area contributed by atoms with Crippen molar-refractivity contribution in [3.63, 3.8) is 0 Å². The zero-order valence-corrected chi connectivity index (χ0v) is 7.59. The second-order valence-corrected chi connectivity index (χ2v) is 4.38.